The van der Waals surface area contributed by atoms with Gasteiger partial charge in [-0.2, -0.15) is 0 Å². The molecule has 32 heavy (non-hydrogen) atoms. The first-order valence-corrected chi connectivity index (χ1v) is 11.4. The molecule has 2 bridgehead atoms. The molecule has 1 saturated heterocycles. The standard InChI is InChI=1S/C24H30N4O3.HI/c1-25-24(27-13-18-17-5-3-2-4-14(17)8-9-19(18)29)26-10-11-28-22(30)20-15-6-7-16(12-15)21(20)23(28)31;/h6-9,15-16,20-21,29H,2-5,10-13H2,1H3,(H2,25,26,27);1H. The molecule has 1 saturated carbocycles. The summed E-state index contributed by atoms with van der Waals surface area (Å²) >= 11 is 0. The molecule has 0 spiro atoms. The number of hydrogen-bond donors (Lipinski definition) is 3. The van der Waals surface area contributed by atoms with Gasteiger partial charge < -0.3 is 15.7 Å². The zero-order valence-electron chi connectivity index (χ0n) is 18.3. The summed E-state index contributed by atoms with van der Waals surface area (Å²) in [5.41, 5.74) is 3.50. The molecule has 1 aliphatic heterocycles. The molecule has 2 fully saturated rings. The van der Waals surface area contributed by atoms with Crippen LogP contribution in [0, 0.1) is 23.7 Å². The quantitative estimate of drug-likeness (QED) is 0.172. The Morgan fingerprint density at radius 1 is 1.09 bits per heavy atom. The first kappa shape index (κ1) is 23.1. The van der Waals surface area contributed by atoms with E-state index in [1.807, 2.05) is 6.07 Å². The van der Waals surface area contributed by atoms with E-state index in [9.17, 15) is 14.7 Å². The number of phenols is 1. The highest BCUT2D eigenvalue weighted by Crippen LogP contribution is 2.52. The number of phenolic OH excluding ortho intramolecular Hbond substituents is 1. The topological polar surface area (TPSA) is 94.0 Å². The van der Waals surface area contributed by atoms with Gasteiger partial charge in [0.25, 0.3) is 0 Å². The number of nitrogens with one attached hydrogen (secondary N) is 2. The number of allylic oxidation sites excluding steroid dienone is 2. The van der Waals surface area contributed by atoms with Crippen molar-refractivity contribution in [2.75, 3.05) is 20.1 Å². The number of benzene rings is 1. The third kappa shape index (κ3) is 3.91. The second-order valence-corrected chi connectivity index (χ2v) is 9.09. The smallest absolute Gasteiger partial charge is 0.233 e. The van der Waals surface area contributed by atoms with Crippen molar-refractivity contribution in [1.29, 1.82) is 0 Å². The number of carbonyl (C=O) groups excluding carboxylic acids is 2. The lowest BCUT2D eigenvalue weighted by Gasteiger charge is -2.22. The summed E-state index contributed by atoms with van der Waals surface area (Å²) in [7, 11) is 1.69. The number of aryl methyl sites for hydroxylation is 1. The fourth-order valence-corrected chi connectivity index (χ4v) is 5.95. The minimum atomic E-state index is -0.146. The summed E-state index contributed by atoms with van der Waals surface area (Å²) < 4.78 is 0. The van der Waals surface area contributed by atoms with Gasteiger partial charge in [0, 0.05) is 32.2 Å². The van der Waals surface area contributed by atoms with Gasteiger partial charge in [0.2, 0.25) is 11.8 Å². The van der Waals surface area contributed by atoms with Crippen molar-refractivity contribution in [3.63, 3.8) is 0 Å². The number of rotatable bonds is 5. The van der Waals surface area contributed by atoms with Crippen LogP contribution in [-0.4, -0.2) is 47.9 Å². The lowest BCUT2D eigenvalue weighted by atomic mass is 9.85. The van der Waals surface area contributed by atoms with E-state index in [0.717, 1.165) is 31.2 Å². The maximum Gasteiger partial charge on any atom is 0.233 e. The molecule has 8 heteroatoms. The van der Waals surface area contributed by atoms with E-state index in [2.05, 4.69) is 27.8 Å². The molecule has 4 aliphatic rings. The summed E-state index contributed by atoms with van der Waals surface area (Å²) in [6.07, 6.45) is 9.57. The summed E-state index contributed by atoms with van der Waals surface area (Å²) in [5.74, 6) is 1.06. The van der Waals surface area contributed by atoms with E-state index in [0.29, 0.717) is 31.3 Å². The highest BCUT2D eigenvalue weighted by molar-refractivity contribution is 14.0. The van der Waals surface area contributed by atoms with Crippen LogP contribution in [-0.2, 0) is 29.0 Å². The average molecular weight is 550 g/mol. The van der Waals surface area contributed by atoms with Crippen LogP contribution in [0.15, 0.2) is 29.3 Å². The Hall–Kier alpha value is -2.10. The van der Waals surface area contributed by atoms with E-state index in [4.69, 9.17) is 0 Å². The van der Waals surface area contributed by atoms with E-state index >= 15 is 0 Å². The maximum absolute atomic E-state index is 12.8. The van der Waals surface area contributed by atoms with Gasteiger partial charge in [-0.1, -0.05) is 18.2 Å². The molecule has 4 atom stereocenters. The van der Waals surface area contributed by atoms with Gasteiger partial charge >= 0.3 is 0 Å². The van der Waals surface area contributed by atoms with Crippen molar-refractivity contribution in [3.8, 4) is 5.75 Å². The fraction of sp³-hybridized carbons (Fsp3) is 0.542. The van der Waals surface area contributed by atoms with Crippen LogP contribution < -0.4 is 10.6 Å². The van der Waals surface area contributed by atoms with Crippen molar-refractivity contribution in [2.24, 2.45) is 28.7 Å². The third-order valence-electron chi connectivity index (χ3n) is 7.47. The Balaban J connectivity index is 0.00000245. The Morgan fingerprint density at radius 3 is 2.47 bits per heavy atom. The number of aliphatic imine (C=N–C) groups is 1. The Bertz CT molecular complexity index is 946. The van der Waals surface area contributed by atoms with Gasteiger partial charge in [-0.15, -0.1) is 24.0 Å². The van der Waals surface area contributed by atoms with Crippen LogP contribution in [0.1, 0.15) is 36.0 Å². The molecule has 0 aromatic heterocycles. The molecule has 7 nitrogen and oxygen atoms in total. The number of aromatic hydroxyl groups is 1. The average Bonchev–Trinajstić information content (AvgIpc) is 3.46. The fourth-order valence-electron chi connectivity index (χ4n) is 5.95. The van der Waals surface area contributed by atoms with E-state index in [1.165, 1.54) is 22.4 Å². The van der Waals surface area contributed by atoms with Gasteiger partial charge in [-0.25, -0.2) is 0 Å². The molecule has 3 aliphatic carbocycles. The molecule has 1 heterocycles. The summed E-state index contributed by atoms with van der Waals surface area (Å²) in [4.78, 5) is 31.3. The van der Waals surface area contributed by atoms with E-state index in [1.54, 1.807) is 13.1 Å². The SMILES string of the molecule is CN=C(NCCN1C(=O)C2C3C=CC(C3)C2C1=O)NCc1c(O)ccc2c1CCCC2.I. The number of nitrogens with zero attached hydrogens (tertiary/aromatic N) is 2. The predicted octanol–water partition coefficient (Wildman–Crippen LogP) is 2.36. The van der Waals surface area contributed by atoms with Crippen molar-refractivity contribution in [1.82, 2.24) is 15.5 Å². The minimum absolute atomic E-state index is 0. The highest BCUT2D eigenvalue weighted by Gasteiger charge is 2.58. The predicted molar refractivity (Wildman–Crippen MR) is 133 cm³/mol. The Morgan fingerprint density at radius 2 is 1.78 bits per heavy atom. The van der Waals surface area contributed by atoms with Crippen LogP contribution in [0.5, 0.6) is 5.75 Å². The van der Waals surface area contributed by atoms with Gasteiger partial charge in [-0.3, -0.25) is 19.5 Å². The zero-order valence-corrected chi connectivity index (χ0v) is 20.7. The zero-order chi connectivity index (χ0) is 21.5. The molecule has 1 aromatic rings. The van der Waals surface area contributed by atoms with Crippen molar-refractivity contribution in [3.05, 3.63) is 41.0 Å². The van der Waals surface area contributed by atoms with E-state index in [-0.39, 0.29) is 59.5 Å². The molecular weight excluding hydrogens is 519 g/mol. The number of hydrogen-bond acceptors (Lipinski definition) is 4. The summed E-state index contributed by atoms with van der Waals surface area (Å²) in [6, 6.07) is 3.81. The number of carbonyl (C=O) groups is 2. The lowest BCUT2D eigenvalue weighted by molar-refractivity contribution is -0.140. The van der Waals surface area contributed by atoms with Crippen LogP contribution in [0.2, 0.25) is 0 Å². The molecule has 1 aromatic carbocycles. The van der Waals surface area contributed by atoms with E-state index < -0.39 is 0 Å². The van der Waals surface area contributed by atoms with Crippen molar-refractivity contribution < 1.29 is 14.7 Å². The monoisotopic (exact) mass is 550 g/mol. The normalized spacial score (nSPS) is 27.9. The molecule has 172 valence electrons. The maximum atomic E-state index is 12.8. The first-order chi connectivity index (χ1) is 15.1. The molecule has 3 N–H and O–H groups in total. The number of imide groups is 1. The lowest BCUT2D eigenvalue weighted by Crippen LogP contribution is -2.43. The van der Waals surface area contributed by atoms with Gasteiger partial charge in [0.05, 0.1) is 11.8 Å². The number of amides is 2. The molecular formula is C24H31IN4O3. The van der Waals surface area contributed by atoms with Crippen LogP contribution in [0.25, 0.3) is 0 Å². The molecule has 0 radical (unpaired) electrons. The number of guanidine groups is 1. The van der Waals surface area contributed by atoms with Gasteiger partial charge in [0.15, 0.2) is 5.96 Å². The number of halogens is 1. The van der Waals surface area contributed by atoms with Crippen LogP contribution >= 0.6 is 24.0 Å². The van der Waals surface area contributed by atoms with Crippen LogP contribution in [0.4, 0.5) is 0 Å². The Labute approximate surface area is 205 Å². The third-order valence-corrected chi connectivity index (χ3v) is 7.47. The largest absolute Gasteiger partial charge is 0.508 e. The molecule has 4 unspecified atom stereocenters. The second kappa shape index (κ2) is 9.41. The number of fused-ring (bicyclic) bond motifs is 6. The van der Waals surface area contributed by atoms with Crippen LogP contribution in [0.3, 0.4) is 0 Å². The summed E-state index contributed by atoms with van der Waals surface area (Å²) in [5, 5.41) is 16.8. The van der Waals surface area contributed by atoms with Gasteiger partial charge in [-0.05, 0) is 61.1 Å². The molecule has 2 amide bonds. The van der Waals surface area contributed by atoms with Gasteiger partial charge in [0.1, 0.15) is 5.75 Å². The van der Waals surface area contributed by atoms with Crippen molar-refractivity contribution >= 4 is 41.8 Å². The highest BCUT2D eigenvalue weighted by atomic mass is 127. The minimum Gasteiger partial charge on any atom is -0.508 e. The first-order valence-electron chi connectivity index (χ1n) is 11.4. The summed E-state index contributed by atoms with van der Waals surface area (Å²) in [6.45, 7) is 1.27. The Kier molecular flexibility index (Phi) is 6.78. The second-order valence-electron chi connectivity index (χ2n) is 9.09. The molecule has 5 rings (SSSR count). The number of likely N-dealkylation sites (tertiary alicyclic amines) is 1. The van der Waals surface area contributed by atoms with Crippen molar-refractivity contribution in [2.45, 2.75) is 38.6 Å².